The number of rotatable bonds is 7. The summed E-state index contributed by atoms with van der Waals surface area (Å²) in [6.45, 7) is 75.1. The number of carbonyl (C=O) groups excluding carboxylic acids is 4. The number of ketones is 2. The summed E-state index contributed by atoms with van der Waals surface area (Å²) in [5.74, 6) is 6.90. The number of amides is 1. The Hall–Kier alpha value is -1.72. The number of hydrogen-bond donors (Lipinski definition) is 1. The van der Waals surface area contributed by atoms with Gasteiger partial charge in [-0.3, -0.25) is 19.2 Å². The molecule has 0 saturated heterocycles. The third-order valence-corrected chi connectivity index (χ3v) is 9.71. The van der Waals surface area contributed by atoms with E-state index in [1.807, 2.05) is 76.2 Å². The minimum Gasteiger partial charge on any atom is -0.460 e. The van der Waals surface area contributed by atoms with E-state index in [9.17, 15) is 19.2 Å². The van der Waals surface area contributed by atoms with E-state index < -0.39 is 0 Å². The van der Waals surface area contributed by atoms with Gasteiger partial charge in [-0.05, 0) is 86.9 Å². The van der Waals surface area contributed by atoms with Crippen LogP contribution in [0.25, 0.3) is 0 Å². The highest BCUT2D eigenvalue weighted by Gasteiger charge is 2.18. The number of Topliss-reactive ketones (excluding diaryl/α,β-unsaturated/α-hetero) is 2. The average molecular weight is 955 g/mol. The Morgan fingerprint density at radius 2 is 0.591 bits per heavy atom. The van der Waals surface area contributed by atoms with Gasteiger partial charge in [0.25, 0.3) is 0 Å². The summed E-state index contributed by atoms with van der Waals surface area (Å²) < 4.78 is 5.06. The maximum Gasteiger partial charge on any atom is 0.308 e. The number of carbonyl (C=O) groups is 4. The molecule has 1 amide bonds. The van der Waals surface area contributed by atoms with Gasteiger partial charge in [0.05, 0.1) is 5.92 Å². The minimum absolute atomic E-state index is 0. The molecule has 0 aliphatic heterocycles. The standard InChI is InChI=1S/C8H16O2.2C7H16.C6H14.C5H11NO.2C5H10O.2C5H12.C4H10.3CH4/c1-6(2)7(9)10-8(3,4)5;2*1-6(2)7(3,4)5;1-5(2)6(3)4;1-4(2)5(7)6-3;2*1-4(2)5(3)6;2*1-4-5(2)3;1-4(2)3;;;/h6H,1-5H3;2*6H,1-5H3;5-6H,1-4H3;4H,1-3H3,(H,6,7);2*4H,1-3H3;2*5H,4H2,1-3H3;4H,1-3H3;3*1H4. The van der Waals surface area contributed by atoms with Crippen molar-refractivity contribution in [3.8, 4) is 0 Å². The zero-order chi connectivity index (χ0) is 54.0. The molecular weight excluding hydrogens is 815 g/mol. The van der Waals surface area contributed by atoms with Crippen LogP contribution in [-0.4, -0.2) is 36.1 Å². The third kappa shape index (κ3) is 137. The number of ether oxygens (including phenoxy) is 1. The normalized spacial score (nSPS) is 10.2. The molecule has 0 aromatic carbocycles. The number of esters is 1. The number of nitrogens with one attached hydrogen (secondary N) is 1. The van der Waals surface area contributed by atoms with Crippen molar-refractivity contribution < 1.29 is 23.9 Å². The lowest BCUT2D eigenvalue weighted by atomic mass is 9.84. The Morgan fingerprint density at radius 1 is 0.424 bits per heavy atom. The van der Waals surface area contributed by atoms with Gasteiger partial charge in [0.15, 0.2) is 0 Å². The Kier molecular flexibility index (Phi) is 85.4. The van der Waals surface area contributed by atoms with Gasteiger partial charge in [-0.1, -0.05) is 250 Å². The van der Waals surface area contributed by atoms with Crippen LogP contribution in [0.15, 0.2) is 0 Å². The summed E-state index contributed by atoms with van der Waals surface area (Å²) >= 11 is 0. The van der Waals surface area contributed by atoms with Crippen molar-refractivity contribution in [3.05, 3.63) is 0 Å². The van der Waals surface area contributed by atoms with Crippen molar-refractivity contribution in [1.82, 2.24) is 5.32 Å². The molecule has 0 aromatic rings. The predicted octanol–water partition coefficient (Wildman–Crippen LogP) is 20.2. The SMILES string of the molecule is C.C.C.CC(=O)C(C)C.CC(=O)C(C)C.CC(C)C.CC(C)C(=O)OC(C)(C)C.CC(C)C(C)(C)C.CC(C)C(C)(C)C.CC(C)C(C)C.CCC(C)C.CCC(C)C.CNC(=O)C(C)C. The smallest absolute Gasteiger partial charge is 0.308 e. The summed E-state index contributed by atoms with van der Waals surface area (Å²) in [5, 5.41) is 2.53. The summed E-state index contributed by atoms with van der Waals surface area (Å²) in [6, 6.07) is 0. The highest BCUT2D eigenvalue weighted by molar-refractivity contribution is 5.78. The van der Waals surface area contributed by atoms with Crippen LogP contribution in [0.3, 0.4) is 0 Å². The zero-order valence-corrected chi connectivity index (χ0v) is 50.8. The first-order valence-corrected chi connectivity index (χ1v) is 25.0. The molecule has 0 aliphatic carbocycles. The van der Waals surface area contributed by atoms with Crippen molar-refractivity contribution in [1.29, 1.82) is 0 Å². The van der Waals surface area contributed by atoms with Crippen LogP contribution < -0.4 is 5.32 Å². The highest BCUT2D eigenvalue weighted by Crippen LogP contribution is 2.24. The summed E-state index contributed by atoms with van der Waals surface area (Å²) in [4.78, 5) is 41.6. The Morgan fingerprint density at radius 3 is 0.606 bits per heavy atom. The van der Waals surface area contributed by atoms with Gasteiger partial charge in [-0.25, -0.2) is 0 Å². The van der Waals surface area contributed by atoms with E-state index in [4.69, 9.17) is 4.74 Å². The van der Waals surface area contributed by atoms with E-state index in [-0.39, 0.29) is 75.0 Å². The molecule has 0 saturated carbocycles. The summed E-state index contributed by atoms with van der Waals surface area (Å²) in [5.41, 5.74) is 0.654. The van der Waals surface area contributed by atoms with E-state index in [1.54, 1.807) is 20.9 Å². The van der Waals surface area contributed by atoms with E-state index in [0.717, 1.165) is 41.4 Å². The Balaban J connectivity index is -0.0000000431. The molecule has 6 heteroatoms. The van der Waals surface area contributed by atoms with Gasteiger partial charge < -0.3 is 10.1 Å². The van der Waals surface area contributed by atoms with E-state index in [2.05, 4.69) is 165 Å². The molecule has 0 aliphatic rings. The van der Waals surface area contributed by atoms with Crippen LogP contribution in [0.2, 0.25) is 0 Å². The van der Waals surface area contributed by atoms with Crippen molar-refractivity contribution >= 4 is 23.4 Å². The molecule has 0 unspecified atom stereocenters. The second kappa shape index (κ2) is 57.6. The zero-order valence-electron chi connectivity index (χ0n) is 50.8. The fourth-order valence-electron chi connectivity index (χ4n) is 0.708. The van der Waals surface area contributed by atoms with Crippen LogP contribution in [0.5, 0.6) is 0 Å². The molecule has 0 rings (SSSR count). The third-order valence-electron chi connectivity index (χ3n) is 9.71. The molecule has 0 fully saturated rings. The van der Waals surface area contributed by atoms with Gasteiger partial charge >= 0.3 is 5.97 Å². The summed E-state index contributed by atoms with van der Waals surface area (Å²) in [7, 11) is 1.64. The van der Waals surface area contributed by atoms with Crippen molar-refractivity contribution in [2.45, 2.75) is 290 Å². The first kappa shape index (κ1) is 97.9. The van der Waals surface area contributed by atoms with Crippen molar-refractivity contribution in [3.63, 3.8) is 0 Å². The molecule has 0 bridgehead atoms. The molecule has 1 N–H and O–H groups in total. The average Bonchev–Trinajstić information content (AvgIpc) is 3.07. The first-order valence-electron chi connectivity index (χ1n) is 25.0. The molecule has 0 radical (unpaired) electrons. The van der Waals surface area contributed by atoms with E-state index in [0.29, 0.717) is 10.8 Å². The first-order chi connectivity index (χ1) is 27.6. The minimum atomic E-state index is -0.346. The van der Waals surface area contributed by atoms with Crippen LogP contribution >= 0.6 is 0 Å². The molecular formula is C60H139NO5. The topological polar surface area (TPSA) is 89.5 Å². The lowest BCUT2D eigenvalue weighted by Crippen LogP contribution is -2.26. The fourth-order valence-corrected chi connectivity index (χ4v) is 0.708. The maximum absolute atomic E-state index is 10.9. The van der Waals surface area contributed by atoms with Crippen molar-refractivity contribution in [2.75, 3.05) is 7.05 Å². The maximum atomic E-state index is 10.9. The summed E-state index contributed by atoms with van der Waals surface area (Å²) in [6.07, 6.45) is 2.61. The van der Waals surface area contributed by atoms with Crippen LogP contribution in [-0.2, 0) is 23.9 Å². The molecule has 414 valence electrons. The van der Waals surface area contributed by atoms with Crippen molar-refractivity contribution in [2.24, 2.45) is 75.9 Å². The van der Waals surface area contributed by atoms with Crippen LogP contribution in [0.1, 0.15) is 284 Å². The fraction of sp³-hybridized carbons (Fsp3) is 0.933. The van der Waals surface area contributed by atoms with Gasteiger partial charge in [0.1, 0.15) is 17.2 Å². The van der Waals surface area contributed by atoms with Gasteiger partial charge in [0.2, 0.25) is 5.91 Å². The van der Waals surface area contributed by atoms with Gasteiger partial charge in [-0.15, -0.1) is 0 Å². The molecule has 6 nitrogen and oxygen atoms in total. The Labute approximate surface area is 424 Å². The Bertz CT molecular complexity index is 910. The quantitative estimate of drug-likeness (QED) is 0.257. The molecule has 0 spiro atoms. The second-order valence-corrected chi connectivity index (χ2v) is 23.9. The molecule has 0 atom stereocenters. The van der Waals surface area contributed by atoms with E-state index in [1.165, 1.54) is 12.8 Å². The van der Waals surface area contributed by atoms with Gasteiger partial charge in [-0.2, -0.15) is 0 Å². The molecule has 0 heterocycles. The van der Waals surface area contributed by atoms with Gasteiger partial charge in [0, 0.05) is 24.8 Å². The number of hydrogen-bond acceptors (Lipinski definition) is 5. The van der Waals surface area contributed by atoms with E-state index >= 15 is 0 Å². The largest absolute Gasteiger partial charge is 0.460 e. The predicted molar refractivity (Wildman–Crippen MR) is 310 cm³/mol. The lowest BCUT2D eigenvalue weighted by Gasteiger charge is -2.22. The molecule has 0 aromatic heterocycles. The molecule has 66 heavy (non-hydrogen) atoms. The van der Waals surface area contributed by atoms with Crippen LogP contribution in [0, 0.1) is 75.9 Å². The second-order valence-electron chi connectivity index (χ2n) is 23.9. The lowest BCUT2D eigenvalue weighted by molar-refractivity contribution is -0.158. The monoisotopic (exact) mass is 954 g/mol. The highest BCUT2D eigenvalue weighted by atomic mass is 16.6. The van der Waals surface area contributed by atoms with Crippen LogP contribution in [0.4, 0.5) is 0 Å².